The van der Waals surface area contributed by atoms with Crippen molar-refractivity contribution in [2.45, 2.75) is 43.9 Å². The van der Waals surface area contributed by atoms with Crippen molar-refractivity contribution in [1.29, 1.82) is 0 Å². The van der Waals surface area contributed by atoms with Gasteiger partial charge in [0.25, 0.3) is 0 Å². The van der Waals surface area contributed by atoms with Crippen LogP contribution in [0.1, 0.15) is 44.6 Å². The molecule has 14 heteroatoms. The summed E-state index contributed by atoms with van der Waals surface area (Å²) in [5.41, 5.74) is 6.90. The number of phenols is 8. The van der Waals surface area contributed by atoms with Gasteiger partial charge in [0.2, 0.25) is 0 Å². The molecule has 1 unspecified atom stereocenters. The Morgan fingerprint density at radius 3 is 1.65 bits per heavy atom. The number of benzene rings is 10. The lowest BCUT2D eigenvalue weighted by molar-refractivity contribution is 0.368. The molecule has 1 atom stereocenters. The van der Waals surface area contributed by atoms with Crippen molar-refractivity contribution in [3.05, 3.63) is 235 Å². The number of allylic oxidation sites excluding steroid dienone is 8. The standard InChI is InChI=1S/C72H51FN4O8S.C2H6/c73-41-29-31-45(32-30-41)75(46-34-36-54-52(37-46)59-56(77(54)44-23-11-4-12-24-44)39-51-50-26-14-16-28-57(50)86-72(51)58(59)40-17-5-1-6-18-40)63-70(84)66(80)61(67(81)71(63)85)60-64(78)68(82)62(69(83)65(60)79)74(42-19-7-2-8-20-42)47-33-35-49-48-25-13-15-27-53(48)76(55(49)38-47)43-21-9-3-10-22-43;1-2/h1-3,5-11,13-25,27-39,50,78-85H,4,12,26H2;1-2H3. The van der Waals surface area contributed by atoms with E-state index >= 15 is 0 Å². The quantitative estimate of drug-likeness (QED) is 0.0483. The van der Waals surface area contributed by atoms with Gasteiger partial charge >= 0.3 is 0 Å². The third-order valence-corrected chi connectivity index (χ3v) is 18.0. The lowest BCUT2D eigenvalue weighted by Crippen LogP contribution is -2.11. The zero-order valence-corrected chi connectivity index (χ0v) is 48.5. The van der Waals surface area contributed by atoms with Gasteiger partial charge in [-0.25, -0.2) is 4.39 Å². The summed E-state index contributed by atoms with van der Waals surface area (Å²) in [6.07, 6.45) is 15.6. The number of fused-ring (bicyclic) bond motifs is 9. The fourth-order valence-electron chi connectivity index (χ4n) is 12.9. The molecule has 8 N–H and O–H groups in total. The summed E-state index contributed by atoms with van der Waals surface area (Å²) < 4.78 is 19.3. The second kappa shape index (κ2) is 21.8. The van der Waals surface area contributed by atoms with Crippen LogP contribution in [0, 0.1) is 5.82 Å². The highest BCUT2D eigenvalue weighted by Gasteiger charge is 2.38. The topological polar surface area (TPSA) is 178 Å². The maximum Gasteiger partial charge on any atom is 0.186 e. The predicted octanol–water partition coefficient (Wildman–Crippen LogP) is 19.2. The molecule has 0 fully saturated rings. The van der Waals surface area contributed by atoms with E-state index in [0.717, 1.165) is 90.3 Å². The van der Waals surface area contributed by atoms with Crippen molar-refractivity contribution >= 4 is 95.2 Å². The van der Waals surface area contributed by atoms with E-state index in [-0.39, 0.29) is 11.6 Å². The molecule has 10 aromatic carbocycles. The summed E-state index contributed by atoms with van der Waals surface area (Å²) in [7, 11) is 0. The highest BCUT2D eigenvalue weighted by Crippen LogP contribution is 2.66. The van der Waals surface area contributed by atoms with Crippen LogP contribution in [0.5, 0.6) is 46.0 Å². The van der Waals surface area contributed by atoms with Crippen molar-refractivity contribution in [1.82, 2.24) is 9.13 Å². The van der Waals surface area contributed by atoms with Crippen LogP contribution in [0.15, 0.2) is 228 Å². The largest absolute Gasteiger partial charge is 0.504 e. The summed E-state index contributed by atoms with van der Waals surface area (Å²) in [5, 5.41) is 102. The smallest absolute Gasteiger partial charge is 0.186 e. The van der Waals surface area contributed by atoms with E-state index in [1.807, 2.05) is 111 Å². The van der Waals surface area contributed by atoms with Crippen LogP contribution in [0.25, 0.3) is 77.2 Å². The van der Waals surface area contributed by atoms with Gasteiger partial charge in [-0.3, -0.25) is 0 Å². The fraction of sp³-hybridized carbons (Fsp3) is 0.0811. The SMILES string of the molecule is CC.Oc1c(O)c(N(c2ccc(F)cc2)c2ccc3c(c2)c2c(-c4ccccc4)c4c(cc2n3C2=CCCC=C2)C2CC=CC=C2S4)c(O)c(O)c1-c1c(O)c(O)c(N(c2ccccc2)c2ccc3c4ccccc4n(-c4ccccc4)c3c2)c(O)c1O. The normalized spacial score (nSPS) is 14.2. The molecular formula is C74H57FN4O8S. The number of nitrogens with zero attached hydrogens (tertiary/aromatic N) is 4. The number of phenolic OH excluding ortho intramolecular Hbond substituents is 8. The van der Waals surface area contributed by atoms with Gasteiger partial charge in [0, 0.05) is 72.1 Å². The van der Waals surface area contributed by atoms with Crippen molar-refractivity contribution in [2.24, 2.45) is 0 Å². The molecule has 15 rings (SSSR count). The van der Waals surface area contributed by atoms with E-state index in [1.165, 1.54) is 44.5 Å². The van der Waals surface area contributed by atoms with Crippen molar-refractivity contribution < 1.29 is 45.2 Å². The Bertz CT molecular complexity index is 4880. The second-order valence-corrected chi connectivity index (χ2v) is 22.7. The molecule has 0 amide bonds. The third kappa shape index (κ3) is 8.57. The van der Waals surface area contributed by atoms with Gasteiger partial charge in [0.15, 0.2) is 46.0 Å². The number of rotatable bonds is 10. The zero-order valence-electron chi connectivity index (χ0n) is 47.6. The Kier molecular flexibility index (Phi) is 13.6. The Morgan fingerprint density at radius 2 is 1.01 bits per heavy atom. The van der Waals surface area contributed by atoms with E-state index in [2.05, 4.69) is 63.8 Å². The molecule has 12 aromatic rings. The second-order valence-electron chi connectivity index (χ2n) is 21.6. The minimum atomic E-state index is -1.17. The van der Waals surface area contributed by atoms with Crippen LogP contribution in [0.3, 0.4) is 0 Å². The Labute approximate surface area is 509 Å². The fourth-order valence-corrected chi connectivity index (χ4v) is 14.3. The molecule has 2 aliphatic carbocycles. The first-order valence-corrected chi connectivity index (χ1v) is 29.9. The van der Waals surface area contributed by atoms with Crippen molar-refractivity contribution in [3.63, 3.8) is 0 Å². The Balaban J connectivity index is 0.00000337. The number of anilines is 6. The molecule has 434 valence electrons. The van der Waals surface area contributed by atoms with E-state index < -0.39 is 74.3 Å². The van der Waals surface area contributed by atoms with E-state index in [9.17, 15) is 45.2 Å². The molecular weight excluding hydrogens is 1120 g/mol. The first-order valence-electron chi connectivity index (χ1n) is 29.1. The molecule has 0 radical (unpaired) electrons. The van der Waals surface area contributed by atoms with Crippen LogP contribution in [0.4, 0.5) is 38.5 Å². The number of hydrogen-bond acceptors (Lipinski definition) is 11. The summed E-state index contributed by atoms with van der Waals surface area (Å²) in [5.74, 6) is -9.15. The molecule has 0 spiro atoms. The number of halogens is 1. The van der Waals surface area contributed by atoms with Gasteiger partial charge in [-0.15, -0.1) is 0 Å². The van der Waals surface area contributed by atoms with Gasteiger partial charge in [0.1, 0.15) is 17.2 Å². The van der Waals surface area contributed by atoms with Crippen LogP contribution in [-0.2, 0) is 0 Å². The molecule has 12 nitrogen and oxygen atoms in total. The molecule has 0 saturated heterocycles. The van der Waals surface area contributed by atoms with Gasteiger partial charge in [-0.2, -0.15) is 0 Å². The van der Waals surface area contributed by atoms with E-state index in [1.54, 1.807) is 54.2 Å². The average Bonchev–Trinajstić information content (AvgIpc) is 1.52. The number of thioether (sulfide) groups is 1. The maximum atomic E-state index is 15.0. The zero-order chi connectivity index (χ0) is 60.6. The minimum Gasteiger partial charge on any atom is -0.504 e. The first kappa shape index (κ1) is 54.9. The van der Waals surface area contributed by atoms with Crippen molar-refractivity contribution in [2.75, 3.05) is 9.80 Å². The summed E-state index contributed by atoms with van der Waals surface area (Å²) in [6, 6.07) is 55.1. The Morgan fingerprint density at radius 1 is 0.466 bits per heavy atom. The molecule has 0 saturated carbocycles. The van der Waals surface area contributed by atoms with Gasteiger partial charge in [-0.1, -0.05) is 147 Å². The first-order chi connectivity index (χ1) is 43.0. The van der Waals surface area contributed by atoms with Gasteiger partial charge in [0.05, 0.1) is 33.2 Å². The van der Waals surface area contributed by atoms with Gasteiger partial charge < -0.3 is 59.8 Å². The molecule has 3 heterocycles. The molecule has 0 bridgehead atoms. The maximum absolute atomic E-state index is 15.0. The van der Waals surface area contributed by atoms with Crippen molar-refractivity contribution in [3.8, 4) is 73.9 Å². The predicted molar refractivity (Wildman–Crippen MR) is 352 cm³/mol. The lowest BCUT2D eigenvalue weighted by atomic mass is 9.88. The number of hydrogen-bond donors (Lipinski definition) is 8. The lowest BCUT2D eigenvalue weighted by Gasteiger charge is -2.29. The Hall–Kier alpha value is -11.0. The van der Waals surface area contributed by atoms with Crippen LogP contribution in [-0.4, -0.2) is 50.0 Å². The summed E-state index contributed by atoms with van der Waals surface area (Å²) in [4.78, 5) is 5.18. The summed E-state index contributed by atoms with van der Waals surface area (Å²) in [6.45, 7) is 4.00. The highest BCUT2D eigenvalue weighted by atomic mass is 32.2. The number of aromatic nitrogens is 2. The number of aromatic hydroxyl groups is 8. The number of para-hydroxylation sites is 3. The van der Waals surface area contributed by atoms with E-state index in [4.69, 9.17) is 0 Å². The van der Waals surface area contributed by atoms with Crippen LogP contribution in [0.2, 0.25) is 0 Å². The average molecular weight is 1180 g/mol. The van der Waals surface area contributed by atoms with Gasteiger partial charge in [-0.05, 0) is 132 Å². The monoisotopic (exact) mass is 1180 g/mol. The summed E-state index contributed by atoms with van der Waals surface area (Å²) >= 11 is 1.76. The highest BCUT2D eigenvalue weighted by molar-refractivity contribution is 8.03. The third-order valence-electron chi connectivity index (χ3n) is 16.7. The van der Waals surface area contributed by atoms with Crippen LogP contribution < -0.4 is 9.80 Å². The molecule has 1 aliphatic heterocycles. The molecule has 88 heavy (non-hydrogen) atoms. The molecule has 2 aromatic heterocycles. The molecule has 3 aliphatic rings. The van der Waals surface area contributed by atoms with Crippen LogP contribution >= 0.6 is 11.8 Å². The van der Waals surface area contributed by atoms with E-state index in [0.29, 0.717) is 17.1 Å². The minimum absolute atomic E-state index is 0.174.